The fourth-order valence-electron chi connectivity index (χ4n) is 5.55. The van der Waals surface area contributed by atoms with Crippen molar-refractivity contribution in [2.45, 2.75) is 89.2 Å². The molecule has 1 aromatic carbocycles. The zero-order chi connectivity index (χ0) is 27.2. The van der Waals surface area contributed by atoms with Gasteiger partial charge in [0.05, 0.1) is 17.1 Å². The minimum atomic E-state index is -3.63. The van der Waals surface area contributed by atoms with Crippen molar-refractivity contribution in [2.24, 2.45) is 0 Å². The molecular formula is C27H37N3O5S2. The van der Waals surface area contributed by atoms with Gasteiger partial charge in [-0.1, -0.05) is 6.42 Å². The van der Waals surface area contributed by atoms with Crippen LogP contribution < -0.4 is 10.6 Å². The van der Waals surface area contributed by atoms with Crippen LogP contribution in [0.4, 0.5) is 5.00 Å². The molecule has 0 aliphatic carbocycles. The summed E-state index contributed by atoms with van der Waals surface area (Å²) < 4.78 is 33.2. The smallest absolute Gasteiger partial charge is 0.341 e. The molecule has 1 aromatic heterocycles. The van der Waals surface area contributed by atoms with E-state index in [0.29, 0.717) is 29.1 Å². The SMILES string of the molecule is CCOC(=O)c1c(NC(=O)c2ccc(S(=O)(=O)N3CCCCC3C)cc2)sc2c1CC(C)(C)NC2(C)C. The topological polar surface area (TPSA) is 105 Å². The number of carbonyl (C=O) groups is 2. The Kier molecular flexibility index (Phi) is 7.60. The molecule has 2 N–H and O–H groups in total. The van der Waals surface area contributed by atoms with E-state index in [1.54, 1.807) is 11.2 Å². The highest BCUT2D eigenvalue weighted by atomic mass is 32.2. The van der Waals surface area contributed by atoms with Gasteiger partial charge in [-0.05, 0) is 90.6 Å². The van der Waals surface area contributed by atoms with Crippen molar-refractivity contribution in [1.29, 1.82) is 0 Å². The Morgan fingerprint density at radius 1 is 1.16 bits per heavy atom. The summed E-state index contributed by atoms with van der Waals surface area (Å²) in [6, 6.07) is 5.95. The monoisotopic (exact) mass is 547 g/mol. The molecular weight excluding hydrogens is 510 g/mol. The predicted octanol–water partition coefficient (Wildman–Crippen LogP) is 4.90. The summed E-state index contributed by atoms with van der Waals surface area (Å²) >= 11 is 1.38. The van der Waals surface area contributed by atoms with Gasteiger partial charge in [0.25, 0.3) is 5.91 Å². The Balaban J connectivity index is 1.63. The molecule has 202 valence electrons. The molecule has 1 unspecified atom stereocenters. The lowest BCUT2D eigenvalue weighted by Crippen LogP contribution is -2.55. The molecule has 0 saturated carbocycles. The van der Waals surface area contributed by atoms with Gasteiger partial charge >= 0.3 is 5.97 Å². The molecule has 3 heterocycles. The van der Waals surface area contributed by atoms with Gasteiger partial charge in [-0.2, -0.15) is 4.31 Å². The number of rotatable bonds is 6. The summed E-state index contributed by atoms with van der Waals surface area (Å²) in [5, 5.41) is 6.97. The largest absolute Gasteiger partial charge is 0.462 e. The summed E-state index contributed by atoms with van der Waals surface area (Å²) in [7, 11) is -3.63. The molecule has 0 spiro atoms. The normalized spacial score (nSPS) is 21.2. The van der Waals surface area contributed by atoms with Crippen LogP contribution in [0.25, 0.3) is 0 Å². The number of amides is 1. The Labute approximate surface area is 223 Å². The number of nitrogens with zero attached hydrogens (tertiary/aromatic N) is 1. The number of nitrogens with one attached hydrogen (secondary N) is 2. The van der Waals surface area contributed by atoms with Crippen LogP contribution in [0, 0.1) is 0 Å². The Morgan fingerprint density at radius 3 is 2.46 bits per heavy atom. The number of sulfonamides is 1. The quantitative estimate of drug-likeness (QED) is 0.499. The lowest BCUT2D eigenvalue weighted by atomic mass is 9.81. The number of fused-ring (bicyclic) bond motifs is 1. The van der Waals surface area contributed by atoms with Crippen molar-refractivity contribution in [3.8, 4) is 0 Å². The van der Waals surface area contributed by atoms with Crippen molar-refractivity contribution < 1.29 is 22.7 Å². The molecule has 1 fully saturated rings. The number of ether oxygens (including phenoxy) is 1. The Bertz CT molecular complexity index is 1300. The van der Waals surface area contributed by atoms with Crippen molar-refractivity contribution >= 4 is 38.2 Å². The summed E-state index contributed by atoms with van der Waals surface area (Å²) in [6.45, 7) is 12.7. The molecule has 10 heteroatoms. The highest BCUT2D eigenvalue weighted by Gasteiger charge is 2.42. The van der Waals surface area contributed by atoms with Crippen LogP contribution in [-0.2, 0) is 26.7 Å². The summed E-state index contributed by atoms with van der Waals surface area (Å²) in [5.41, 5.74) is 0.964. The molecule has 0 bridgehead atoms. The third-order valence-electron chi connectivity index (χ3n) is 7.02. The number of hydrogen-bond donors (Lipinski definition) is 2. The minimum absolute atomic E-state index is 0.0448. The second kappa shape index (κ2) is 10.1. The molecule has 4 rings (SSSR count). The first-order valence-electron chi connectivity index (χ1n) is 12.8. The van der Waals surface area contributed by atoms with Crippen molar-refractivity contribution in [1.82, 2.24) is 9.62 Å². The van der Waals surface area contributed by atoms with Gasteiger partial charge < -0.3 is 15.4 Å². The summed E-state index contributed by atoms with van der Waals surface area (Å²) in [4.78, 5) is 27.4. The fourth-order valence-corrected chi connectivity index (χ4v) is 8.51. The maximum Gasteiger partial charge on any atom is 0.341 e. The fraction of sp³-hybridized carbons (Fsp3) is 0.556. The summed E-state index contributed by atoms with van der Waals surface area (Å²) in [5.74, 6) is -0.870. The number of thiophene rings is 1. The number of piperidine rings is 1. The molecule has 1 saturated heterocycles. The van der Waals surface area contributed by atoms with E-state index >= 15 is 0 Å². The van der Waals surface area contributed by atoms with Gasteiger partial charge in [0.15, 0.2) is 0 Å². The number of carbonyl (C=O) groups excluding carboxylic acids is 2. The summed E-state index contributed by atoms with van der Waals surface area (Å²) in [6.07, 6.45) is 3.34. The standard InChI is InChI=1S/C27H37N3O5S2/c1-7-35-25(32)21-20-16-26(3,4)29-27(5,6)22(20)36-24(21)28-23(31)18-11-13-19(14-12-18)37(33,34)30-15-9-8-10-17(30)2/h11-14,17,29H,7-10,15-16H2,1-6H3,(H,28,31). The van der Waals surface area contributed by atoms with Crippen LogP contribution in [0.1, 0.15) is 92.0 Å². The second-order valence-electron chi connectivity index (χ2n) is 11.1. The van der Waals surface area contributed by atoms with E-state index in [-0.39, 0.29) is 23.1 Å². The highest BCUT2D eigenvalue weighted by Crippen LogP contribution is 2.45. The lowest BCUT2D eigenvalue weighted by Gasteiger charge is -2.42. The average molecular weight is 548 g/mol. The molecule has 1 amide bonds. The number of benzene rings is 1. The van der Waals surface area contributed by atoms with Crippen LogP contribution in [0.15, 0.2) is 29.2 Å². The van der Waals surface area contributed by atoms with E-state index in [1.807, 2.05) is 6.92 Å². The third kappa shape index (κ3) is 5.48. The number of anilines is 1. The van der Waals surface area contributed by atoms with E-state index in [2.05, 4.69) is 38.3 Å². The van der Waals surface area contributed by atoms with E-state index in [0.717, 1.165) is 29.7 Å². The Hall–Kier alpha value is -2.27. The average Bonchev–Trinajstić information content (AvgIpc) is 3.16. The van der Waals surface area contributed by atoms with Crippen molar-refractivity contribution in [2.75, 3.05) is 18.5 Å². The van der Waals surface area contributed by atoms with Gasteiger partial charge in [0, 0.05) is 34.1 Å². The van der Waals surface area contributed by atoms with Crippen LogP contribution in [0.3, 0.4) is 0 Å². The minimum Gasteiger partial charge on any atom is -0.462 e. The van der Waals surface area contributed by atoms with Crippen molar-refractivity contribution in [3.05, 3.63) is 45.8 Å². The van der Waals surface area contributed by atoms with Crippen LogP contribution in [-0.4, -0.2) is 49.3 Å². The molecule has 2 aliphatic rings. The van der Waals surface area contributed by atoms with Gasteiger partial charge in [0.1, 0.15) is 5.00 Å². The second-order valence-corrected chi connectivity index (χ2v) is 14.0. The van der Waals surface area contributed by atoms with Crippen molar-refractivity contribution in [3.63, 3.8) is 0 Å². The maximum absolute atomic E-state index is 13.2. The number of hydrogen-bond acceptors (Lipinski definition) is 7. The molecule has 0 radical (unpaired) electrons. The Morgan fingerprint density at radius 2 is 1.84 bits per heavy atom. The van der Waals surface area contributed by atoms with E-state index in [4.69, 9.17) is 4.74 Å². The molecule has 2 aliphatic heterocycles. The van der Waals surface area contributed by atoms with Crippen LogP contribution >= 0.6 is 11.3 Å². The number of esters is 1. The van der Waals surface area contributed by atoms with Gasteiger partial charge in [-0.15, -0.1) is 11.3 Å². The van der Waals surface area contributed by atoms with E-state index < -0.39 is 27.4 Å². The third-order valence-corrected chi connectivity index (χ3v) is 10.5. The van der Waals surface area contributed by atoms with Gasteiger partial charge in [-0.3, -0.25) is 4.79 Å². The van der Waals surface area contributed by atoms with Gasteiger partial charge in [0.2, 0.25) is 10.0 Å². The lowest BCUT2D eigenvalue weighted by molar-refractivity contribution is 0.0525. The molecule has 8 nitrogen and oxygen atoms in total. The van der Waals surface area contributed by atoms with E-state index in [9.17, 15) is 18.0 Å². The molecule has 2 aromatic rings. The predicted molar refractivity (Wildman–Crippen MR) is 146 cm³/mol. The van der Waals surface area contributed by atoms with E-state index in [1.165, 1.54) is 35.6 Å². The van der Waals surface area contributed by atoms with Gasteiger partial charge in [-0.25, -0.2) is 13.2 Å². The first kappa shape index (κ1) is 27.8. The van der Waals surface area contributed by atoms with Crippen LogP contribution in [0.2, 0.25) is 0 Å². The zero-order valence-electron chi connectivity index (χ0n) is 22.4. The zero-order valence-corrected chi connectivity index (χ0v) is 24.1. The molecule has 1 atom stereocenters. The first-order valence-corrected chi connectivity index (χ1v) is 15.1. The highest BCUT2D eigenvalue weighted by molar-refractivity contribution is 7.89. The maximum atomic E-state index is 13.2. The van der Waals surface area contributed by atoms with Crippen LogP contribution in [0.5, 0.6) is 0 Å². The first-order chi connectivity index (χ1) is 17.3. The molecule has 37 heavy (non-hydrogen) atoms.